The van der Waals surface area contributed by atoms with Crippen LogP contribution in [-0.2, 0) is 16.1 Å². The first kappa shape index (κ1) is 14.8. The Kier molecular flexibility index (Phi) is 4.71. The van der Waals surface area contributed by atoms with E-state index in [1.54, 1.807) is 13.0 Å². The predicted molar refractivity (Wildman–Crippen MR) is 76.8 cm³/mol. The van der Waals surface area contributed by atoms with E-state index in [0.29, 0.717) is 12.1 Å². The number of ether oxygens (including phenoxy) is 1. The molecule has 0 fully saturated rings. The van der Waals surface area contributed by atoms with Gasteiger partial charge in [0.25, 0.3) is 0 Å². The molecule has 2 N–H and O–H groups in total. The lowest BCUT2D eigenvalue weighted by Gasteiger charge is -2.12. The summed E-state index contributed by atoms with van der Waals surface area (Å²) in [6, 6.07) is 10.3. The monoisotopic (exact) mass is 288 g/mol. The molecule has 1 amide bonds. The van der Waals surface area contributed by atoms with Crippen molar-refractivity contribution in [3.8, 4) is 0 Å². The van der Waals surface area contributed by atoms with Crippen LogP contribution in [0, 0.1) is 0 Å². The van der Waals surface area contributed by atoms with Gasteiger partial charge in [0.2, 0.25) is 0 Å². The molecule has 6 nitrogen and oxygen atoms in total. The standard InChI is InChI=1S/C15H16N2O4/c1-2-12(14(18)19)17-15(20)21-9-11-8-7-10-5-3-4-6-13(10)16-11/h3-8,12H,2,9H2,1H3,(H,17,20)(H,18,19)/t12-/m0/s1. The molecular weight excluding hydrogens is 272 g/mol. The van der Waals surface area contributed by atoms with Crippen molar-refractivity contribution in [1.29, 1.82) is 0 Å². The molecule has 0 bridgehead atoms. The topological polar surface area (TPSA) is 88.5 Å². The number of carboxylic acids is 1. The van der Waals surface area contributed by atoms with E-state index in [2.05, 4.69) is 10.3 Å². The van der Waals surface area contributed by atoms with E-state index in [4.69, 9.17) is 9.84 Å². The van der Waals surface area contributed by atoms with Gasteiger partial charge in [0.1, 0.15) is 12.6 Å². The molecule has 110 valence electrons. The Bertz CT molecular complexity index is 657. The zero-order chi connectivity index (χ0) is 15.2. The van der Waals surface area contributed by atoms with Crippen LogP contribution in [-0.4, -0.2) is 28.2 Å². The first-order valence-electron chi connectivity index (χ1n) is 6.61. The predicted octanol–water partition coefficient (Wildman–Crippen LogP) is 2.32. The fourth-order valence-electron chi connectivity index (χ4n) is 1.85. The third kappa shape index (κ3) is 3.92. The number of aliphatic carboxylic acids is 1. The molecule has 21 heavy (non-hydrogen) atoms. The maximum Gasteiger partial charge on any atom is 0.408 e. The number of amides is 1. The molecule has 1 atom stereocenters. The minimum atomic E-state index is -1.08. The molecule has 0 aliphatic heterocycles. The summed E-state index contributed by atoms with van der Waals surface area (Å²) in [4.78, 5) is 26.7. The number of fused-ring (bicyclic) bond motifs is 1. The number of carboxylic acid groups (broad SMARTS) is 1. The van der Waals surface area contributed by atoms with Crippen molar-refractivity contribution in [3.05, 3.63) is 42.1 Å². The molecule has 0 saturated heterocycles. The van der Waals surface area contributed by atoms with Crippen LogP contribution in [0.1, 0.15) is 19.0 Å². The Labute approximate surface area is 121 Å². The van der Waals surface area contributed by atoms with Crippen molar-refractivity contribution in [2.24, 2.45) is 0 Å². The number of hydrogen-bond acceptors (Lipinski definition) is 4. The molecule has 6 heteroatoms. The van der Waals surface area contributed by atoms with Gasteiger partial charge in [-0.3, -0.25) is 0 Å². The SMILES string of the molecule is CC[C@H](NC(=O)OCc1ccc2ccccc2n1)C(=O)O. The lowest BCUT2D eigenvalue weighted by atomic mass is 10.2. The zero-order valence-corrected chi connectivity index (χ0v) is 11.6. The number of carbonyl (C=O) groups excluding carboxylic acids is 1. The first-order chi connectivity index (χ1) is 10.1. The maximum absolute atomic E-state index is 11.5. The smallest absolute Gasteiger partial charge is 0.408 e. The van der Waals surface area contributed by atoms with Crippen LogP contribution in [0.4, 0.5) is 4.79 Å². The van der Waals surface area contributed by atoms with E-state index in [-0.39, 0.29) is 6.61 Å². The molecule has 2 aromatic rings. The Morgan fingerprint density at radius 1 is 1.29 bits per heavy atom. The van der Waals surface area contributed by atoms with E-state index in [1.807, 2.05) is 30.3 Å². The van der Waals surface area contributed by atoms with Crippen LogP contribution in [0.25, 0.3) is 10.9 Å². The van der Waals surface area contributed by atoms with Crippen LogP contribution in [0.3, 0.4) is 0 Å². The summed E-state index contributed by atoms with van der Waals surface area (Å²) in [7, 11) is 0. The number of nitrogens with zero attached hydrogens (tertiary/aromatic N) is 1. The van der Waals surface area contributed by atoms with Crippen molar-refractivity contribution >= 4 is 23.0 Å². The quantitative estimate of drug-likeness (QED) is 0.881. The van der Waals surface area contributed by atoms with Crippen molar-refractivity contribution in [2.45, 2.75) is 26.0 Å². The average molecular weight is 288 g/mol. The van der Waals surface area contributed by atoms with Gasteiger partial charge in [-0.15, -0.1) is 0 Å². The highest BCUT2D eigenvalue weighted by atomic mass is 16.5. The molecule has 0 aliphatic carbocycles. The summed E-state index contributed by atoms with van der Waals surface area (Å²) in [5, 5.41) is 12.1. The van der Waals surface area contributed by atoms with E-state index < -0.39 is 18.1 Å². The normalized spacial score (nSPS) is 11.9. The van der Waals surface area contributed by atoms with Gasteiger partial charge >= 0.3 is 12.1 Å². The van der Waals surface area contributed by atoms with Gasteiger partial charge in [-0.2, -0.15) is 0 Å². The molecule has 2 rings (SSSR count). The molecule has 0 radical (unpaired) electrons. The summed E-state index contributed by atoms with van der Waals surface area (Å²) in [6.07, 6.45) is -0.474. The molecule has 1 aromatic carbocycles. The second-order valence-corrected chi connectivity index (χ2v) is 4.51. The second kappa shape index (κ2) is 6.69. The van der Waals surface area contributed by atoms with Crippen LogP contribution in [0.5, 0.6) is 0 Å². The third-order valence-corrected chi connectivity index (χ3v) is 3.01. The summed E-state index contributed by atoms with van der Waals surface area (Å²) in [5.74, 6) is -1.08. The van der Waals surface area contributed by atoms with E-state index in [9.17, 15) is 9.59 Å². The number of para-hydroxylation sites is 1. The molecular formula is C15H16N2O4. The van der Waals surface area contributed by atoms with Crippen LogP contribution < -0.4 is 5.32 Å². The highest BCUT2D eigenvalue weighted by Gasteiger charge is 2.18. The first-order valence-corrected chi connectivity index (χ1v) is 6.61. The fourth-order valence-corrected chi connectivity index (χ4v) is 1.85. The van der Waals surface area contributed by atoms with Crippen molar-refractivity contribution in [2.75, 3.05) is 0 Å². The van der Waals surface area contributed by atoms with Crippen molar-refractivity contribution < 1.29 is 19.4 Å². The number of hydrogen-bond donors (Lipinski definition) is 2. The van der Waals surface area contributed by atoms with Crippen LogP contribution >= 0.6 is 0 Å². The van der Waals surface area contributed by atoms with E-state index >= 15 is 0 Å². The Morgan fingerprint density at radius 3 is 2.76 bits per heavy atom. The van der Waals surface area contributed by atoms with Crippen molar-refractivity contribution in [3.63, 3.8) is 0 Å². The largest absolute Gasteiger partial charge is 0.480 e. The van der Waals surface area contributed by atoms with E-state index in [0.717, 1.165) is 10.9 Å². The summed E-state index contributed by atoms with van der Waals surface area (Å²) in [5.41, 5.74) is 1.42. The zero-order valence-electron chi connectivity index (χ0n) is 11.6. The highest BCUT2D eigenvalue weighted by molar-refractivity contribution is 5.80. The van der Waals surface area contributed by atoms with Gasteiger partial charge in [-0.05, 0) is 18.6 Å². The Balaban J connectivity index is 1.95. The molecule has 1 heterocycles. The number of nitrogens with one attached hydrogen (secondary N) is 1. The molecule has 0 unspecified atom stereocenters. The Hall–Kier alpha value is -2.63. The number of pyridine rings is 1. The minimum absolute atomic E-state index is 0.00722. The molecule has 0 saturated carbocycles. The van der Waals surface area contributed by atoms with Crippen LogP contribution in [0.15, 0.2) is 36.4 Å². The number of carbonyl (C=O) groups is 2. The number of benzene rings is 1. The third-order valence-electron chi connectivity index (χ3n) is 3.01. The van der Waals surface area contributed by atoms with Gasteiger partial charge in [0.05, 0.1) is 11.2 Å². The second-order valence-electron chi connectivity index (χ2n) is 4.51. The summed E-state index contributed by atoms with van der Waals surface area (Å²) < 4.78 is 4.98. The number of alkyl carbamates (subject to hydrolysis) is 1. The maximum atomic E-state index is 11.5. The fraction of sp³-hybridized carbons (Fsp3) is 0.267. The van der Waals surface area contributed by atoms with E-state index in [1.165, 1.54) is 0 Å². The number of rotatable bonds is 5. The van der Waals surface area contributed by atoms with Gasteiger partial charge in [-0.1, -0.05) is 31.2 Å². The average Bonchev–Trinajstić information content (AvgIpc) is 2.50. The van der Waals surface area contributed by atoms with Crippen molar-refractivity contribution in [1.82, 2.24) is 10.3 Å². The summed E-state index contributed by atoms with van der Waals surface area (Å²) >= 11 is 0. The minimum Gasteiger partial charge on any atom is -0.480 e. The lowest BCUT2D eigenvalue weighted by molar-refractivity contribution is -0.139. The van der Waals surface area contributed by atoms with Crippen LogP contribution in [0.2, 0.25) is 0 Å². The molecule has 0 spiro atoms. The highest BCUT2D eigenvalue weighted by Crippen LogP contribution is 2.12. The van der Waals surface area contributed by atoms with Gasteiger partial charge in [0, 0.05) is 5.39 Å². The van der Waals surface area contributed by atoms with Gasteiger partial charge < -0.3 is 15.2 Å². The van der Waals surface area contributed by atoms with Gasteiger partial charge in [0.15, 0.2) is 0 Å². The summed E-state index contributed by atoms with van der Waals surface area (Å²) in [6.45, 7) is 1.66. The molecule has 0 aliphatic rings. The Morgan fingerprint density at radius 2 is 2.05 bits per heavy atom. The van der Waals surface area contributed by atoms with Gasteiger partial charge in [-0.25, -0.2) is 14.6 Å². The molecule has 1 aromatic heterocycles. The number of aromatic nitrogens is 1. The lowest BCUT2D eigenvalue weighted by Crippen LogP contribution is -2.40.